The molecule has 0 aromatic heterocycles. The molecule has 12 heteroatoms. The number of hydrogen-bond donors (Lipinski definition) is 4. The van der Waals surface area contributed by atoms with Crippen molar-refractivity contribution < 1.29 is 35.8 Å². The minimum atomic E-state index is -5.72. The molecule has 322 valence electrons. The van der Waals surface area contributed by atoms with E-state index in [0.29, 0.717) is 22.9 Å². The number of benzene rings is 8. The lowest BCUT2D eigenvalue weighted by Gasteiger charge is -2.38. The van der Waals surface area contributed by atoms with Crippen LogP contribution in [0.3, 0.4) is 0 Å². The number of fused-ring (bicyclic) bond motifs is 3. The number of hydrogen-bond acceptors (Lipinski definition) is 6. The molecule has 1 aliphatic rings. The molecule has 8 aromatic carbocycles. The zero-order valence-electron chi connectivity index (χ0n) is 33.9. The van der Waals surface area contributed by atoms with E-state index in [9.17, 15) is 26.3 Å². The van der Waals surface area contributed by atoms with Gasteiger partial charge in [-0.05, 0) is 142 Å². The van der Waals surface area contributed by atoms with Crippen molar-refractivity contribution >= 4 is 22.7 Å². The van der Waals surface area contributed by atoms with E-state index in [1.807, 2.05) is 24.3 Å². The zero-order valence-corrected chi connectivity index (χ0v) is 33.9. The van der Waals surface area contributed by atoms with E-state index in [4.69, 9.17) is 32.4 Å². The summed E-state index contributed by atoms with van der Waals surface area (Å²) in [6.45, 7) is 0. The molecule has 6 nitrogen and oxygen atoms in total. The third kappa shape index (κ3) is 7.78. The largest absolute Gasteiger partial charge is 0.457 e. The van der Waals surface area contributed by atoms with Gasteiger partial charge in [0.1, 0.15) is 23.0 Å². The number of anilines is 4. The zero-order chi connectivity index (χ0) is 45.3. The van der Waals surface area contributed by atoms with Crippen molar-refractivity contribution in [3.8, 4) is 34.1 Å². The molecule has 0 heterocycles. The topological polar surface area (TPSA) is 123 Å². The van der Waals surface area contributed by atoms with Gasteiger partial charge in [-0.1, -0.05) is 97.1 Å². The molecule has 0 bridgehead atoms. The van der Waals surface area contributed by atoms with Gasteiger partial charge in [-0.3, -0.25) is 0 Å². The summed E-state index contributed by atoms with van der Waals surface area (Å²) in [6.07, 6.45) is -11.4. The molecule has 0 aliphatic heterocycles. The van der Waals surface area contributed by atoms with Crippen molar-refractivity contribution in [3.05, 3.63) is 228 Å². The lowest BCUT2D eigenvalue weighted by molar-refractivity contribution is -0.288. The molecule has 8 aromatic rings. The number of rotatable bonds is 8. The van der Waals surface area contributed by atoms with E-state index < -0.39 is 28.9 Å². The Bertz CT molecular complexity index is 2660. The fourth-order valence-corrected chi connectivity index (χ4v) is 8.36. The molecule has 0 fully saturated rings. The molecule has 9 rings (SSSR count). The summed E-state index contributed by atoms with van der Waals surface area (Å²) in [6, 6.07) is 53.4. The van der Waals surface area contributed by atoms with E-state index in [1.165, 1.54) is 57.6 Å². The maximum Gasteiger partial charge on any atom is 0.411 e. The predicted molar refractivity (Wildman–Crippen MR) is 240 cm³/mol. The van der Waals surface area contributed by atoms with E-state index in [2.05, 4.69) is 72.8 Å². The van der Waals surface area contributed by atoms with Crippen molar-refractivity contribution in [2.75, 3.05) is 22.9 Å². The van der Waals surface area contributed by atoms with Gasteiger partial charge >= 0.3 is 12.4 Å². The highest BCUT2D eigenvalue weighted by molar-refractivity contribution is 5.86. The number of alkyl halides is 6. The smallest absolute Gasteiger partial charge is 0.411 e. The molecule has 8 N–H and O–H groups in total. The normalized spacial score (nSPS) is 12.9. The molecule has 0 saturated carbocycles. The fraction of sp³-hybridized carbons (Fsp3) is 0.0769. The first-order valence-electron chi connectivity index (χ1n) is 19.9. The second-order valence-corrected chi connectivity index (χ2v) is 15.2. The molecule has 0 radical (unpaired) electrons. The average Bonchev–Trinajstić information content (AvgIpc) is 3.57. The summed E-state index contributed by atoms with van der Waals surface area (Å²) in [7, 11) is 0. The van der Waals surface area contributed by atoms with Crippen molar-refractivity contribution in [1.82, 2.24) is 0 Å². The first-order valence-corrected chi connectivity index (χ1v) is 19.9. The highest BCUT2D eigenvalue weighted by atomic mass is 19.4. The van der Waals surface area contributed by atoms with Crippen LogP contribution in [-0.4, -0.2) is 12.4 Å². The van der Waals surface area contributed by atoms with Crippen molar-refractivity contribution in [2.24, 2.45) is 0 Å². The van der Waals surface area contributed by atoms with Crippen molar-refractivity contribution in [1.29, 1.82) is 0 Å². The van der Waals surface area contributed by atoms with Gasteiger partial charge in [-0.15, -0.1) is 0 Å². The van der Waals surface area contributed by atoms with Crippen LogP contribution in [0.25, 0.3) is 11.1 Å². The molecule has 0 amide bonds. The average molecular weight is 867 g/mol. The molecular weight excluding hydrogens is 827 g/mol. The van der Waals surface area contributed by atoms with Crippen LogP contribution in [0.2, 0.25) is 0 Å². The summed E-state index contributed by atoms with van der Waals surface area (Å²) < 4.78 is 97.5. The summed E-state index contributed by atoms with van der Waals surface area (Å²) in [4.78, 5) is 0. The molecule has 1 aliphatic carbocycles. The van der Waals surface area contributed by atoms with Crippen molar-refractivity contribution in [3.63, 3.8) is 0 Å². The SMILES string of the molecule is Nc1ccc(C2(c3ccc(N)cc3)c3ccccc3-c3ccccc32)cc1.Nc1ccc(Oc2ccc(C(c3ccc(Oc4ccc(N)cc4)cc3)(C(F)(F)F)C(F)(F)F)cc2)cc1. The Kier molecular flexibility index (Phi) is 11.2. The number of nitrogen functional groups attached to an aromatic ring is 4. The highest BCUT2D eigenvalue weighted by Crippen LogP contribution is 2.58. The van der Waals surface area contributed by atoms with Gasteiger partial charge in [0.15, 0.2) is 0 Å². The molecule has 64 heavy (non-hydrogen) atoms. The predicted octanol–water partition coefficient (Wildman–Crippen LogP) is 13.1. The van der Waals surface area contributed by atoms with Crippen LogP contribution in [0.15, 0.2) is 194 Å². The van der Waals surface area contributed by atoms with Crippen LogP contribution in [0.4, 0.5) is 49.1 Å². The van der Waals surface area contributed by atoms with Gasteiger partial charge in [-0.2, -0.15) is 26.3 Å². The van der Waals surface area contributed by atoms with Crippen LogP contribution in [-0.2, 0) is 10.8 Å². The summed E-state index contributed by atoms with van der Waals surface area (Å²) >= 11 is 0. The fourth-order valence-electron chi connectivity index (χ4n) is 8.36. The Hall–Kier alpha value is -7.86. The minimum Gasteiger partial charge on any atom is -0.457 e. The summed E-state index contributed by atoms with van der Waals surface area (Å²) in [5, 5.41) is 0. The van der Waals surface area contributed by atoms with Crippen LogP contribution in [0, 0.1) is 0 Å². The number of nitrogens with two attached hydrogens (primary N) is 4. The molecule has 0 atom stereocenters. The Morgan fingerprint density at radius 3 is 0.891 bits per heavy atom. The maximum absolute atomic E-state index is 14.4. The van der Waals surface area contributed by atoms with E-state index >= 15 is 0 Å². The monoisotopic (exact) mass is 866 g/mol. The first-order chi connectivity index (χ1) is 30.6. The third-order valence-electron chi connectivity index (χ3n) is 11.3. The molecular formula is C52H40F6N4O2. The first kappa shape index (κ1) is 42.8. The summed E-state index contributed by atoms with van der Waals surface area (Å²) in [5.41, 5.74) is 26.5. The van der Waals surface area contributed by atoms with E-state index in [1.54, 1.807) is 24.3 Å². The molecule has 0 spiro atoms. The van der Waals surface area contributed by atoms with Gasteiger partial charge in [0.05, 0.1) is 5.41 Å². The minimum absolute atomic E-state index is 0.0546. The second-order valence-electron chi connectivity index (χ2n) is 15.2. The summed E-state index contributed by atoms with van der Waals surface area (Å²) in [5.74, 6) is 0.742. The van der Waals surface area contributed by atoms with Gasteiger partial charge in [0.2, 0.25) is 5.41 Å². The highest BCUT2D eigenvalue weighted by Gasteiger charge is 2.72. The standard InChI is InChI=1S/C27H20F6N2O2.C25H20N2/c28-26(29,30)25(27(31,32)33,17-1-9-21(10-2-17)36-23-13-5-19(34)6-14-23)18-3-11-22(12-4-18)37-24-15-7-20(35)8-16-24;26-19-13-9-17(10-14-19)25(18-11-15-20(27)16-12-18)23-7-3-1-5-21(23)22-6-2-4-8-24(22)25/h1-16H,34-35H2;1-16H,26-27H2. The Morgan fingerprint density at radius 2 is 0.594 bits per heavy atom. The van der Waals surface area contributed by atoms with Crippen LogP contribution >= 0.6 is 0 Å². The quantitative estimate of drug-likeness (QED) is 0.0891. The van der Waals surface area contributed by atoms with E-state index in [0.717, 1.165) is 59.9 Å². The second kappa shape index (κ2) is 16.8. The maximum atomic E-state index is 14.4. The van der Waals surface area contributed by atoms with Gasteiger partial charge < -0.3 is 32.4 Å². The number of halogens is 6. The molecule has 0 saturated heterocycles. The number of ether oxygens (including phenoxy) is 2. The van der Waals surface area contributed by atoms with E-state index in [-0.39, 0.29) is 16.9 Å². The Balaban J connectivity index is 0.000000183. The third-order valence-corrected chi connectivity index (χ3v) is 11.3. The Morgan fingerprint density at radius 1 is 0.328 bits per heavy atom. The van der Waals surface area contributed by atoms with Crippen molar-refractivity contribution in [2.45, 2.75) is 23.2 Å². The Labute approximate surface area is 365 Å². The van der Waals surface area contributed by atoms with Crippen LogP contribution < -0.4 is 32.4 Å². The van der Waals surface area contributed by atoms with Gasteiger partial charge in [-0.25, -0.2) is 0 Å². The van der Waals surface area contributed by atoms with Gasteiger partial charge in [0, 0.05) is 22.7 Å². The lowest BCUT2D eigenvalue weighted by Crippen LogP contribution is -2.54. The molecule has 0 unspecified atom stereocenters. The van der Waals surface area contributed by atoms with Crippen LogP contribution in [0.5, 0.6) is 23.0 Å². The van der Waals surface area contributed by atoms with Gasteiger partial charge in [0.25, 0.3) is 0 Å². The lowest BCUT2D eigenvalue weighted by atomic mass is 9.67. The van der Waals surface area contributed by atoms with Crippen LogP contribution in [0.1, 0.15) is 33.4 Å².